The summed E-state index contributed by atoms with van der Waals surface area (Å²) < 4.78 is 7.07. The van der Waals surface area contributed by atoms with Crippen molar-refractivity contribution in [1.82, 2.24) is 15.0 Å². The molecule has 0 N–H and O–H groups in total. The van der Waals surface area contributed by atoms with Gasteiger partial charge < -0.3 is 4.74 Å². The lowest BCUT2D eigenvalue weighted by Crippen LogP contribution is -2.36. The molecule has 0 radical (unpaired) electrons. The van der Waals surface area contributed by atoms with Crippen molar-refractivity contribution >= 4 is 11.1 Å². The summed E-state index contributed by atoms with van der Waals surface area (Å²) >= 11 is 0. The maximum atomic E-state index is 7.07. The second-order valence-corrected chi connectivity index (χ2v) is 14.5. The zero-order chi connectivity index (χ0) is 35.6. The molecule has 4 nitrogen and oxygen atoms in total. The van der Waals surface area contributed by atoms with E-state index in [0.717, 1.165) is 47.7 Å². The summed E-state index contributed by atoms with van der Waals surface area (Å²) in [6, 6.07) is 56.1. The Labute approximate surface area is 314 Å². The minimum absolute atomic E-state index is 0.0385. The summed E-state index contributed by atoms with van der Waals surface area (Å²) in [7, 11) is 0. The summed E-state index contributed by atoms with van der Waals surface area (Å²) in [4.78, 5) is 15.9. The van der Waals surface area contributed by atoms with Crippen LogP contribution in [0.4, 0.5) is 0 Å². The number of benzene rings is 6. The average molecular weight is 694 g/mol. The van der Waals surface area contributed by atoms with Crippen molar-refractivity contribution in [2.75, 3.05) is 0 Å². The third kappa shape index (κ3) is 4.53. The van der Waals surface area contributed by atoms with Gasteiger partial charge in [0.25, 0.3) is 0 Å². The van der Waals surface area contributed by atoms with Gasteiger partial charge in [0, 0.05) is 17.0 Å². The van der Waals surface area contributed by atoms with Gasteiger partial charge in [-0.3, -0.25) is 0 Å². The van der Waals surface area contributed by atoms with E-state index in [9.17, 15) is 0 Å². The molecule has 1 atom stereocenters. The number of aromatic nitrogens is 3. The van der Waals surface area contributed by atoms with Gasteiger partial charge in [0.1, 0.15) is 17.3 Å². The molecule has 1 aliphatic heterocycles. The van der Waals surface area contributed by atoms with Crippen molar-refractivity contribution in [2.24, 2.45) is 0 Å². The van der Waals surface area contributed by atoms with Crippen LogP contribution in [0, 0.1) is 0 Å². The van der Waals surface area contributed by atoms with Gasteiger partial charge >= 0.3 is 0 Å². The normalized spacial score (nSPS) is 17.3. The molecule has 4 heteroatoms. The highest BCUT2D eigenvalue weighted by Gasteiger charge is 2.53. The molecule has 0 fully saturated rings. The highest BCUT2D eigenvalue weighted by atomic mass is 16.5. The molecule has 2 heterocycles. The summed E-state index contributed by atoms with van der Waals surface area (Å²) in [5.41, 5.74) is 13.9. The van der Waals surface area contributed by atoms with Crippen LogP contribution < -0.4 is 4.74 Å². The third-order valence-corrected chi connectivity index (χ3v) is 11.7. The van der Waals surface area contributed by atoms with Crippen LogP contribution >= 0.6 is 0 Å². The first-order chi connectivity index (χ1) is 26.8. The van der Waals surface area contributed by atoms with E-state index in [1.54, 1.807) is 0 Å². The molecule has 0 amide bonds. The molecule has 0 saturated carbocycles. The monoisotopic (exact) mass is 693 g/mol. The van der Waals surface area contributed by atoms with Crippen LogP contribution in [0.25, 0.3) is 33.7 Å². The Morgan fingerprint density at radius 3 is 1.83 bits per heavy atom. The van der Waals surface area contributed by atoms with Crippen LogP contribution in [0.2, 0.25) is 0 Å². The number of allylic oxidation sites excluding steroid dienone is 4. The fraction of sp³-hybridized carbons (Fsp3) is 0.100. The van der Waals surface area contributed by atoms with Crippen molar-refractivity contribution in [1.29, 1.82) is 0 Å². The van der Waals surface area contributed by atoms with Crippen LogP contribution in [-0.4, -0.2) is 15.0 Å². The minimum Gasteiger partial charge on any atom is -0.456 e. The summed E-state index contributed by atoms with van der Waals surface area (Å²) in [5.74, 6) is 3.78. The van der Waals surface area contributed by atoms with Crippen LogP contribution in [0.3, 0.4) is 0 Å². The highest BCUT2D eigenvalue weighted by Crippen LogP contribution is 2.62. The largest absolute Gasteiger partial charge is 0.456 e. The van der Waals surface area contributed by atoms with Crippen LogP contribution in [-0.2, 0) is 5.41 Å². The topological polar surface area (TPSA) is 47.9 Å². The first-order valence-corrected chi connectivity index (χ1v) is 18.9. The maximum Gasteiger partial charge on any atom is 0.167 e. The van der Waals surface area contributed by atoms with E-state index in [-0.39, 0.29) is 5.92 Å². The van der Waals surface area contributed by atoms with Crippen LogP contribution in [0.1, 0.15) is 70.2 Å². The molecule has 1 unspecified atom stereocenters. The van der Waals surface area contributed by atoms with E-state index in [2.05, 4.69) is 152 Å². The van der Waals surface area contributed by atoms with E-state index in [1.165, 1.54) is 55.7 Å². The van der Waals surface area contributed by atoms with Gasteiger partial charge in [-0.05, 0) is 75.4 Å². The molecule has 0 saturated heterocycles. The fourth-order valence-electron chi connectivity index (χ4n) is 9.42. The maximum absolute atomic E-state index is 7.07. The zero-order valence-corrected chi connectivity index (χ0v) is 29.6. The number of fused-ring (bicyclic) bond motifs is 9. The predicted octanol–water partition coefficient (Wildman–Crippen LogP) is 11.3. The van der Waals surface area contributed by atoms with E-state index in [0.29, 0.717) is 11.6 Å². The van der Waals surface area contributed by atoms with Gasteiger partial charge in [0.2, 0.25) is 0 Å². The van der Waals surface area contributed by atoms with Crippen molar-refractivity contribution in [2.45, 2.75) is 30.6 Å². The molecule has 0 bridgehead atoms. The highest BCUT2D eigenvalue weighted by molar-refractivity contribution is 5.90. The Balaban J connectivity index is 1.12. The van der Waals surface area contributed by atoms with Gasteiger partial charge in [-0.25, -0.2) is 15.0 Å². The summed E-state index contributed by atoms with van der Waals surface area (Å²) in [6.07, 6.45) is 7.13. The molecule has 4 aliphatic rings. The Bertz CT molecular complexity index is 2680. The number of rotatable bonds is 4. The number of ether oxygens (including phenoxy) is 1. The average Bonchev–Trinajstić information content (AvgIpc) is 3.54. The minimum atomic E-state index is -0.490. The molecular weight excluding hydrogens is 659 g/mol. The predicted molar refractivity (Wildman–Crippen MR) is 215 cm³/mol. The first kappa shape index (κ1) is 30.9. The molecule has 256 valence electrons. The third-order valence-electron chi connectivity index (χ3n) is 11.7. The number of para-hydroxylation sites is 1. The van der Waals surface area contributed by atoms with Crippen molar-refractivity contribution in [3.05, 3.63) is 226 Å². The molecule has 3 aliphatic carbocycles. The van der Waals surface area contributed by atoms with Gasteiger partial charge in [-0.2, -0.15) is 0 Å². The van der Waals surface area contributed by atoms with E-state index in [1.807, 2.05) is 18.2 Å². The molecule has 1 spiro atoms. The smallest absolute Gasteiger partial charge is 0.167 e. The Morgan fingerprint density at radius 2 is 1.09 bits per heavy atom. The van der Waals surface area contributed by atoms with Crippen molar-refractivity contribution < 1.29 is 4.74 Å². The molecule has 6 aromatic carbocycles. The molecule has 11 rings (SSSR count). The molecule has 1 aromatic heterocycles. The quantitative estimate of drug-likeness (QED) is 0.184. The first-order valence-electron chi connectivity index (χ1n) is 18.9. The van der Waals surface area contributed by atoms with E-state index >= 15 is 0 Å². The molecule has 54 heavy (non-hydrogen) atoms. The number of hydrogen-bond donors (Lipinski definition) is 0. The molecular formula is C50H35N3O. The number of nitrogens with zero attached hydrogens (tertiary/aromatic N) is 3. The van der Waals surface area contributed by atoms with Gasteiger partial charge in [0.15, 0.2) is 11.6 Å². The lowest BCUT2D eigenvalue weighted by molar-refractivity contribution is 0.393. The number of hydrogen-bond acceptors (Lipinski definition) is 4. The lowest BCUT2D eigenvalue weighted by Gasteiger charge is -2.42. The fourth-order valence-corrected chi connectivity index (χ4v) is 9.42. The van der Waals surface area contributed by atoms with Crippen LogP contribution in [0.15, 0.2) is 181 Å². The van der Waals surface area contributed by atoms with Crippen molar-refractivity contribution in [3.8, 4) is 28.3 Å². The van der Waals surface area contributed by atoms with E-state index in [4.69, 9.17) is 19.7 Å². The SMILES string of the molecule is C1=C(c2nc(-c3ccccc3)nc(C3CC=C(c4ccccc4)c4ccccc43)n2)C2=C(CC1)C1(c3ccccc3O2)c2ccccc2-c2ccccc21. The van der Waals surface area contributed by atoms with Gasteiger partial charge in [-0.15, -0.1) is 0 Å². The zero-order valence-electron chi connectivity index (χ0n) is 29.6. The lowest BCUT2D eigenvalue weighted by atomic mass is 9.63. The van der Waals surface area contributed by atoms with E-state index < -0.39 is 5.41 Å². The standard InChI is InChI=1S/C50H35N3O/c1-3-16-32(17-4-1)34-30-31-39(36-21-8-7-20-35(34)36)48-51-47(33-18-5-2-6-19-33)52-49(53-48)40-24-15-28-44-46(40)54-45-29-14-13-27-43(45)50(44)41-25-11-9-22-37(41)38-23-10-12-26-42(38)50/h1-14,16-27,29-30,39H,15,28,31H2. The summed E-state index contributed by atoms with van der Waals surface area (Å²) in [6.45, 7) is 0. The Morgan fingerprint density at radius 1 is 0.500 bits per heavy atom. The molecule has 7 aromatic rings. The Hall–Kier alpha value is -6.65. The second-order valence-electron chi connectivity index (χ2n) is 14.5. The van der Waals surface area contributed by atoms with Crippen molar-refractivity contribution in [3.63, 3.8) is 0 Å². The van der Waals surface area contributed by atoms with Crippen LogP contribution in [0.5, 0.6) is 5.75 Å². The Kier molecular flexibility index (Phi) is 6.99. The summed E-state index contributed by atoms with van der Waals surface area (Å²) in [5, 5.41) is 0. The van der Waals surface area contributed by atoms with Gasteiger partial charge in [-0.1, -0.05) is 164 Å². The second kappa shape index (κ2) is 12.2. The van der Waals surface area contributed by atoms with Gasteiger partial charge in [0.05, 0.1) is 11.0 Å².